The predicted octanol–water partition coefficient (Wildman–Crippen LogP) is 4.07. The van der Waals surface area contributed by atoms with E-state index in [1.54, 1.807) is 68.9 Å². The average Bonchev–Trinajstić information content (AvgIpc) is 3.30. The van der Waals surface area contributed by atoms with Crippen LogP contribution in [0.1, 0.15) is 48.7 Å². The van der Waals surface area contributed by atoms with Crippen LogP contribution in [0.4, 0.5) is 0 Å². The topological polar surface area (TPSA) is 114 Å². The summed E-state index contributed by atoms with van der Waals surface area (Å²) in [4.78, 5) is 62.6. The van der Waals surface area contributed by atoms with Crippen LogP contribution in [0.5, 0.6) is 17.2 Å². The van der Waals surface area contributed by atoms with Gasteiger partial charge in [-0.2, -0.15) is 0 Å². The zero-order valence-corrected chi connectivity index (χ0v) is 31.1. The van der Waals surface area contributed by atoms with Gasteiger partial charge in [0.25, 0.3) is 11.8 Å². The summed E-state index contributed by atoms with van der Waals surface area (Å²) in [5, 5.41) is 0. The molecule has 2 saturated heterocycles. The van der Waals surface area contributed by atoms with Crippen molar-refractivity contribution in [2.45, 2.75) is 27.7 Å². The van der Waals surface area contributed by atoms with Gasteiger partial charge in [0.15, 0.2) is 11.4 Å². The Balaban J connectivity index is 0.00000529. The van der Waals surface area contributed by atoms with Gasteiger partial charge in [-0.05, 0) is 38.4 Å². The van der Waals surface area contributed by atoms with Gasteiger partial charge in [0, 0.05) is 58.0 Å². The lowest BCUT2D eigenvalue weighted by atomic mass is 10.2. The minimum absolute atomic E-state index is 0. The molecule has 0 aliphatic carbocycles. The maximum Gasteiger partial charge on any atom is 0.313 e. The highest BCUT2D eigenvalue weighted by molar-refractivity contribution is 6.06. The average molecular weight is 744 g/mol. The fourth-order valence-corrected chi connectivity index (χ4v) is 4.85. The molecule has 0 radical (unpaired) electrons. The Morgan fingerprint density at radius 3 is 1.23 bits per heavy atom. The smallest absolute Gasteiger partial charge is 0.313 e. The molecule has 2 fully saturated rings. The molecule has 0 unspecified atom stereocenters. The number of ether oxygens (including phenoxy) is 3. The molecule has 47 heavy (non-hydrogen) atoms. The second-order valence-corrected chi connectivity index (χ2v) is 11.7. The fraction of sp³-hybridized carbons (Fsp3) is 0.548. The molecule has 0 saturated carbocycles. The molecule has 266 valence electrons. The summed E-state index contributed by atoms with van der Waals surface area (Å²) in [5.74, 6) is -3.12. The molecular formula is C31H47Cl4N5O7. The van der Waals surface area contributed by atoms with E-state index in [-0.39, 0.29) is 72.5 Å². The number of hydrogen-bond acceptors (Lipinski definition) is 9. The summed E-state index contributed by atoms with van der Waals surface area (Å²) in [6.07, 6.45) is 0. The summed E-state index contributed by atoms with van der Waals surface area (Å²) in [5.41, 5.74) is 0.352. The highest BCUT2D eigenvalue weighted by atomic mass is 35.5. The highest BCUT2D eigenvalue weighted by Gasteiger charge is 2.40. The van der Waals surface area contributed by atoms with Crippen molar-refractivity contribution in [1.29, 1.82) is 0 Å². The number of esters is 2. The molecule has 12 nitrogen and oxygen atoms in total. The summed E-state index contributed by atoms with van der Waals surface area (Å²) < 4.78 is 18.6. The maximum atomic E-state index is 14.4. The lowest BCUT2D eigenvalue weighted by Gasteiger charge is -2.33. The van der Waals surface area contributed by atoms with Crippen molar-refractivity contribution in [2.75, 3.05) is 73.6 Å². The van der Waals surface area contributed by atoms with Gasteiger partial charge < -0.3 is 33.8 Å². The molecule has 2 aliphatic heterocycles. The third-order valence-corrected chi connectivity index (χ3v) is 7.75. The molecule has 0 spiro atoms. The standard InChI is InChI=1S/C31H43N5O7.4ClH/c1-20(2)30(39)42-26-24(28(37)34-16-12-32(5)13-17-34)36(22-8-10-23(41-7)11-9-22)25(27(26)43-31(40)21(3)4)29(38)35-18-14-33(6)15-19-35;;;;/h8-11,20-21H,12-19H2,1-7H3;4*1H. The van der Waals surface area contributed by atoms with Crippen molar-refractivity contribution in [1.82, 2.24) is 24.2 Å². The van der Waals surface area contributed by atoms with Crippen LogP contribution < -0.4 is 14.2 Å². The molecule has 2 amide bonds. The van der Waals surface area contributed by atoms with E-state index in [0.717, 1.165) is 0 Å². The van der Waals surface area contributed by atoms with Crippen LogP contribution in [0.25, 0.3) is 5.69 Å². The Kier molecular flexibility index (Phi) is 18.2. The number of carbonyl (C=O) groups excluding carboxylic acids is 4. The van der Waals surface area contributed by atoms with Crippen molar-refractivity contribution in [2.24, 2.45) is 11.8 Å². The van der Waals surface area contributed by atoms with Gasteiger partial charge in [-0.15, -0.1) is 49.6 Å². The van der Waals surface area contributed by atoms with Crippen LogP contribution in [-0.2, 0) is 9.59 Å². The van der Waals surface area contributed by atoms with Gasteiger partial charge in [-0.1, -0.05) is 27.7 Å². The van der Waals surface area contributed by atoms with Gasteiger partial charge >= 0.3 is 11.9 Å². The van der Waals surface area contributed by atoms with Crippen LogP contribution in [-0.4, -0.2) is 121 Å². The number of methoxy groups -OCH3 is 1. The first-order chi connectivity index (χ1) is 20.4. The highest BCUT2D eigenvalue weighted by Crippen LogP contribution is 2.43. The molecule has 16 heteroatoms. The molecule has 2 aromatic rings. The molecule has 0 bridgehead atoms. The van der Waals surface area contributed by atoms with Crippen molar-refractivity contribution < 1.29 is 33.4 Å². The molecule has 4 rings (SSSR count). The minimum Gasteiger partial charge on any atom is -0.497 e. The van der Waals surface area contributed by atoms with Crippen molar-refractivity contribution in [3.8, 4) is 22.9 Å². The Hall–Kier alpha value is -2.74. The Morgan fingerprint density at radius 2 is 0.936 bits per heavy atom. The van der Waals surface area contributed by atoms with E-state index in [1.165, 1.54) is 4.57 Å². The lowest BCUT2D eigenvalue weighted by Crippen LogP contribution is -2.48. The molecule has 3 heterocycles. The molecule has 1 aromatic heterocycles. The summed E-state index contributed by atoms with van der Waals surface area (Å²) in [6, 6.07) is 6.84. The molecular weight excluding hydrogens is 696 g/mol. The minimum atomic E-state index is -0.625. The zero-order valence-electron chi connectivity index (χ0n) is 27.8. The van der Waals surface area contributed by atoms with E-state index < -0.39 is 35.6 Å². The van der Waals surface area contributed by atoms with E-state index in [4.69, 9.17) is 14.2 Å². The molecule has 2 aliphatic rings. The first kappa shape index (κ1) is 44.3. The fourth-order valence-electron chi connectivity index (χ4n) is 4.85. The van der Waals surface area contributed by atoms with Crippen LogP contribution in [0.2, 0.25) is 0 Å². The largest absolute Gasteiger partial charge is 0.497 e. The van der Waals surface area contributed by atoms with Crippen molar-refractivity contribution >= 4 is 73.4 Å². The van der Waals surface area contributed by atoms with E-state index in [1.807, 2.05) is 14.1 Å². The second-order valence-electron chi connectivity index (χ2n) is 11.7. The number of likely N-dealkylation sites (N-methyl/N-ethyl adjacent to an activating group) is 2. The van der Waals surface area contributed by atoms with E-state index in [2.05, 4.69) is 9.80 Å². The summed E-state index contributed by atoms with van der Waals surface area (Å²) in [7, 11) is 5.50. The number of aromatic nitrogens is 1. The number of benzene rings is 1. The number of piperazine rings is 2. The van der Waals surface area contributed by atoms with Gasteiger partial charge in [-0.25, -0.2) is 0 Å². The van der Waals surface area contributed by atoms with Gasteiger partial charge in [0.05, 0.1) is 18.9 Å². The predicted molar refractivity (Wildman–Crippen MR) is 189 cm³/mol. The van der Waals surface area contributed by atoms with Crippen LogP contribution in [0.15, 0.2) is 24.3 Å². The van der Waals surface area contributed by atoms with Gasteiger partial charge in [0.2, 0.25) is 11.5 Å². The normalized spacial score (nSPS) is 15.1. The second kappa shape index (κ2) is 19.3. The Morgan fingerprint density at radius 1 is 0.596 bits per heavy atom. The lowest BCUT2D eigenvalue weighted by molar-refractivity contribution is -0.140. The van der Waals surface area contributed by atoms with Gasteiger partial charge in [0.1, 0.15) is 5.75 Å². The number of nitrogens with zero attached hydrogens (tertiary/aromatic N) is 5. The monoisotopic (exact) mass is 741 g/mol. The van der Waals surface area contributed by atoms with E-state index in [0.29, 0.717) is 63.8 Å². The maximum absolute atomic E-state index is 14.4. The number of amides is 2. The first-order valence-corrected chi connectivity index (χ1v) is 14.7. The number of halogens is 4. The molecule has 0 N–H and O–H groups in total. The van der Waals surface area contributed by atoms with Crippen LogP contribution in [0, 0.1) is 11.8 Å². The van der Waals surface area contributed by atoms with Crippen LogP contribution >= 0.6 is 49.6 Å². The SMILES string of the molecule is COc1ccc(-n2c(C(=O)N3CCN(C)CC3)c(OC(=O)C(C)C)c(OC(=O)C(C)C)c2C(=O)N2CCN(C)CC2)cc1.Cl.Cl.Cl.Cl. The first-order valence-electron chi connectivity index (χ1n) is 14.7. The van der Waals surface area contributed by atoms with Crippen LogP contribution in [0.3, 0.4) is 0 Å². The Bertz CT molecular complexity index is 1280. The third kappa shape index (κ3) is 10.1. The quantitative estimate of drug-likeness (QED) is 0.370. The Labute approximate surface area is 301 Å². The third-order valence-electron chi connectivity index (χ3n) is 7.75. The van der Waals surface area contributed by atoms with Crippen molar-refractivity contribution in [3.63, 3.8) is 0 Å². The van der Waals surface area contributed by atoms with E-state index in [9.17, 15) is 19.2 Å². The van der Waals surface area contributed by atoms with Crippen molar-refractivity contribution in [3.05, 3.63) is 35.7 Å². The van der Waals surface area contributed by atoms with E-state index >= 15 is 0 Å². The molecule has 0 atom stereocenters. The zero-order chi connectivity index (χ0) is 31.4. The molecule has 1 aromatic carbocycles. The van der Waals surface area contributed by atoms with Gasteiger partial charge in [-0.3, -0.25) is 23.7 Å². The number of hydrogen-bond donors (Lipinski definition) is 0. The summed E-state index contributed by atoms with van der Waals surface area (Å²) >= 11 is 0. The summed E-state index contributed by atoms with van der Waals surface area (Å²) in [6.45, 7) is 11.0. The number of carbonyl (C=O) groups is 4. The number of rotatable bonds is 8.